The minimum absolute atomic E-state index is 0. The molecule has 124 valence electrons. The van der Waals surface area contributed by atoms with Gasteiger partial charge in [-0.15, -0.1) is 12.4 Å². The maximum absolute atomic E-state index is 12.0. The second-order valence-electron chi connectivity index (χ2n) is 5.17. The molecule has 0 heterocycles. The highest BCUT2D eigenvalue weighted by molar-refractivity contribution is 5.91. The fraction of sp³-hybridized carbons (Fsp3) is 0.278. The molecule has 0 atom stereocenters. The second kappa shape index (κ2) is 9.06. The first kappa shape index (κ1) is 18.8. The number of methoxy groups -OCH3 is 1. The summed E-state index contributed by atoms with van der Waals surface area (Å²) in [6.07, 6.45) is 2.19. The fourth-order valence-electron chi connectivity index (χ4n) is 2.24. The lowest BCUT2D eigenvalue weighted by Crippen LogP contribution is -2.12. The third-order valence-electron chi connectivity index (χ3n) is 3.59. The summed E-state index contributed by atoms with van der Waals surface area (Å²) < 4.78 is 5.09. The van der Waals surface area contributed by atoms with Crippen molar-refractivity contribution in [3.05, 3.63) is 53.6 Å². The molecule has 2 aromatic carbocycles. The van der Waals surface area contributed by atoms with Crippen LogP contribution in [0.1, 0.15) is 24.5 Å². The van der Waals surface area contributed by atoms with Gasteiger partial charge in [0.25, 0.3) is 0 Å². The van der Waals surface area contributed by atoms with Gasteiger partial charge in [-0.25, -0.2) is 0 Å². The topological polar surface area (TPSA) is 64.3 Å². The largest absolute Gasteiger partial charge is 0.495 e. The third-order valence-corrected chi connectivity index (χ3v) is 3.59. The Labute approximate surface area is 143 Å². The zero-order chi connectivity index (χ0) is 15.9. The summed E-state index contributed by atoms with van der Waals surface area (Å²) in [5.74, 6) is 0.582. The molecule has 0 unspecified atom stereocenters. The third kappa shape index (κ3) is 5.49. The number of ether oxygens (including phenoxy) is 1. The predicted octanol–water partition coefficient (Wildman–Crippen LogP) is 3.83. The van der Waals surface area contributed by atoms with Crippen LogP contribution in [0, 0.1) is 0 Å². The van der Waals surface area contributed by atoms with E-state index >= 15 is 0 Å². The molecule has 0 saturated heterocycles. The molecule has 0 aliphatic carbocycles. The quantitative estimate of drug-likeness (QED) is 0.789. The van der Waals surface area contributed by atoms with Crippen molar-refractivity contribution < 1.29 is 9.53 Å². The number of anilines is 2. The van der Waals surface area contributed by atoms with E-state index in [1.807, 2.05) is 0 Å². The molecule has 0 spiro atoms. The van der Waals surface area contributed by atoms with Crippen LogP contribution in [-0.4, -0.2) is 13.0 Å². The summed E-state index contributed by atoms with van der Waals surface area (Å²) in [5, 5.41) is 2.85. The lowest BCUT2D eigenvalue weighted by Gasteiger charge is -2.09. The van der Waals surface area contributed by atoms with E-state index < -0.39 is 0 Å². The Morgan fingerprint density at radius 1 is 1.13 bits per heavy atom. The second-order valence-corrected chi connectivity index (χ2v) is 5.17. The zero-order valence-corrected chi connectivity index (χ0v) is 14.3. The van der Waals surface area contributed by atoms with Gasteiger partial charge in [-0.2, -0.15) is 0 Å². The van der Waals surface area contributed by atoms with Crippen LogP contribution < -0.4 is 15.8 Å². The predicted molar refractivity (Wildman–Crippen MR) is 97.4 cm³/mol. The van der Waals surface area contributed by atoms with Crippen LogP contribution in [0.3, 0.4) is 0 Å². The Morgan fingerprint density at radius 3 is 2.35 bits per heavy atom. The van der Waals surface area contributed by atoms with Crippen molar-refractivity contribution >= 4 is 29.7 Å². The van der Waals surface area contributed by atoms with Crippen LogP contribution in [0.2, 0.25) is 0 Å². The van der Waals surface area contributed by atoms with Crippen LogP contribution >= 0.6 is 12.4 Å². The summed E-state index contributed by atoms with van der Waals surface area (Å²) in [6, 6.07) is 13.6. The molecule has 2 aromatic rings. The number of carbonyl (C=O) groups excluding carboxylic acids is 1. The Kier molecular flexibility index (Phi) is 7.42. The first-order chi connectivity index (χ1) is 10.6. The van der Waals surface area contributed by atoms with Crippen LogP contribution in [0.4, 0.5) is 11.4 Å². The van der Waals surface area contributed by atoms with E-state index in [2.05, 4.69) is 36.5 Å². The van der Waals surface area contributed by atoms with Crippen molar-refractivity contribution in [1.29, 1.82) is 0 Å². The number of hydrogen-bond donors (Lipinski definition) is 2. The smallest absolute Gasteiger partial charge is 0.224 e. The summed E-state index contributed by atoms with van der Waals surface area (Å²) >= 11 is 0. The van der Waals surface area contributed by atoms with Crippen LogP contribution in [0.5, 0.6) is 5.75 Å². The number of nitrogen functional groups attached to an aromatic ring is 1. The van der Waals surface area contributed by atoms with Gasteiger partial charge >= 0.3 is 0 Å². The molecule has 0 bridgehead atoms. The SMILES string of the molecule is CCc1ccc(CCC(=O)Nc2ccc(OC)c(N)c2)cc1.Cl. The molecule has 0 fully saturated rings. The van der Waals surface area contributed by atoms with Gasteiger partial charge in [-0.1, -0.05) is 31.2 Å². The monoisotopic (exact) mass is 334 g/mol. The fourth-order valence-corrected chi connectivity index (χ4v) is 2.24. The molecular weight excluding hydrogens is 312 g/mol. The molecule has 1 amide bonds. The highest BCUT2D eigenvalue weighted by Crippen LogP contribution is 2.24. The van der Waals surface area contributed by atoms with E-state index in [0.29, 0.717) is 23.5 Å². The van der Waals surface area contributed by atoms with Gasteiger partial charge in [0.2, 0.25) is 5.91 Å². The number of benzene rings is 2. The molecule has 0 aliphatic heterocycles. The number of nitrogens with one attached hydrogen (secondary N) is 1. The van der Waals surface area contributed by atoms with Crippen molar-refractivity contribution in [2.75, 3.05) is 18.2 Å². The van der Waals surface area contributed by atoms with Crippen molar-refractivity contribution in [1.82, 2.24) is 0 Å². The Hall–Kier alpha value is -2.20. The lowest BCUT2D eigenvalue weighted by atomic mass is 10.1. The van der Waals surface area contributed by atoms with Gasteiger partial charge in [0.1, 0.15) is 5.75 Å². The van der Waals surface area contributed by atoms with E-state index in [0.717, 1.165) is 12.8 Å². The average Bonchev–Trinajstić information content (AvgIpc) is 2.53. The number of hydrogen-bond acceptors (Lipinski definition) is 3. The first-order valence-corrected chi connectivity index (χ1v) is 7.43. The molecule has 3 N–H and O–H groups in total. The minimum atomic E-state index is -0.0239. The van der Waals surface area contributed by atoms with Gasteiger partial charge in [-0.3, -0.25) is 4.79 Å². The first-order valence-electron chi connectivity index (χ1n) is 7.43. The summed E-state index contributed by atoms with van der Waals surface area (Å²) in [7, 11) is 1.56. The van der Waals surface area contributed by atoms with Crippen molar-refractivity contribution in [2.45, 2.75) is 26.2 Å². The number of rotatable bonds is 6. The molecular formula is C18H23ClN2O2. The summed E-state index contributed by atoms with van der Waals surface area (Å²) in [5.41, 5.74) is 9.49. The summed E-state index contributed by atoms with van der Waals surface area (Å²) in [4.78, 5) is 12.0. The number of halogens is 1. The Morgan fingerprint density at radius 2 is 1.78 bits per heavy atom. The highest BCUT2D eigenvalue weighted by atomic mass is 35.5. The molecule has 4 nitrogen and oxygen atoms in total. The minimum Gasteiger partial charge on any atom is -0.495 e. The zero-order valence-electron chi connectivity index (χ0n) is 13.5. The van der Waals surface area contributed by atoms with E-state index in [-0.39, 0.29) is 18.3 Å². The molecule has 2 rings (SSSR count). The maximum Gasteiger partial charge on any atom is 0.224 e. The normalized spacial score (nSPS) is 9.83. The van der Waals surface area contributed by atoms with Crippen molar-refractivity contribution in [2.24, 2.45) is 0 Å². The molecule has 5 heteroatoms. The number of nitrogens with two attached hydrogens (primary N) is 1. The highest BCUT2D eigenvalue weighted by Gasteiger charge is 2.06. The van der Waals surface area contributed by atoms with E-state index in [1.165, 1.54) is 11.1 Å². The molecule has 0 aliphatic rings. The van der Waals surface area contributed by atoms with Crippen LogP contribution in [0.25, 0.3) is 0 Å². The molecule has 23 heavy (non-hydrogen) atoms. The average molecular weight is 335 g/mol. The Bertz CT molecular complexity index is 642. The van der Waals surface area contributed by atoms with E-state index in [1.54, 1.807) is 25.3 Å². The Balaban J connectivity index is 0.00000264. The van der Waals surface area contributed by atoms with Crippen LogP contribution in [-0.2, 0) is 17.6 Å². The number of carbonyl (C=O) groups is 1. The van der Waals surface area contributed by atoms with Crippen molar-refractivity contribution in [3.63, 3.8) is 0 Å². The number of amides is 1. The molecule has 0 aromatic heterocycles. The van der Waals surface area contributed by atoms with E-state index in [9.17, 15) is 4.79 Å². The number of aryl methyl sites for hydroxylation is 2. The molecule has 0 radical (unpaired) electrons. The van der Waals surface area contributed by atoms with Crippen molar-refractivity contribution in [3.8, 4) is 5.75 Å². The van der Waals surface area contributed by atoms with Gasteiger partial charge in [0, 0.05) is 12.1 Å². The van der Waals surface area contributed by atoms with E-state index in [4.69, 9.17) is 10.5 Å². The maximum atomic E-state index is 12.0. The molecule has 0 saturated carbocycles. The van der Waals surface area contributed by atoms with Gasteiger partial charge in [-0.05, 0) is 42.2 Å². The van der Waals surface area contributed by atoms with Crippen LogP contribution in [0.15, 0.2) is 42.5 Å². The van der Waals surface area contributed by atoms with Gasteiger partial charge < -0.3 is 15.8 Å². The van der Waals surface area contributed by atoms with Gasteiger partial charge in [0.15, 0.2) is 0 Å². The standard InChI is InChI=1S/C18H22N2O2.ClH/c1-3-13-4-6-14(7-5-13)8-11-18(21)20-15-9-10-17(22-2)16(19)12-15;/h4-7,9-10,12H,3,8,11,19H2,1-2H3,(H,20,21);1H. The lowest BCUT2D eigenvalue weighted by molar-refractivity contribution is -0.116. The summed E-state index contributed by atoms with van der Waals surface area (Å²) in [6.45, 7) is 2.13. The van der Waals surface area contributed by atoms with Gasteiger partial charge in [0.05, 0.1) is 12.8 Å².